The van der Waals surface area contributed by atoms with Crippen molar-refractivity contribution in [3.8, 4) is 11.1 Å². The number of nitrogens with one attached hydrogen (secondary N) is 2. The molecule has 2 aromatic rings. The van der Waals surface area contributed by atoms with Gasteiger partial charge in [-0.05, 0) is 37.0 Å². The lowest BCUT2D eigenvalue weighted by Gasteiger charge is -2.28. The summed E-state index contributed by atoms with van der Waals surface area (Å²) < 4.78 is 0. The number of halogens is 1. The molecule has 0 bridgehead atoms. The summed E-state index contributed by atoms with van der Waals surface area (Å²) in [5.41, 5.74) is 9.70. The highest BCUT2D eigenvalue weighted by atomic mass is 35.5. The molecule has 2 aliphatic rings. The Morgan fingerprint density at radius 1 is 1.20 bits per heavy atom. The number of rotatable bonds is 5. The van der Waals surface area contributed by atoms with Crippen molar-refractivity contribution in [3.05, 3.63) is 35.5 Å². The number of nitrogen functional groups attached to an aromatic ring is 1. The molecule has 6 heteroatoms. The Labute approximate surface area is 153 Å². The fourth-order valence-corrected chi connectivity index (χ4v) is 3.45. The molecule has 0 atom stereocenters. The average molecular weight is 358 g/mol. The second-order valence-electron chi connectivity index (χ2n) is 6.85. The highest BCUT2D eigenvalue weighted by Crippen LogP contribution is 2.38. The first-order chi connectivity index (χ1) is 12.2. The van der Waals surface area contributed by atoms with E-state index < -0.39 is 0 Å². The minimum Gasteiger partial charge on any atom is -0.396 e. The Hall–Kier alpha value is -1.98. The van der Waals surface area contributed by atoms with Crippen LogP contribution in [0.5, 0.6) is 0 Å². The van der Waals surface area contributed by atoms with Crippen molar-refractivity contribution >= 4 is 28.8 Å². The third-order valence-corrected chi connectivity index (χ3v) is 5.36. The van der Waals surface area contributed by atoms with Gasteiger partial charge in [-0.2, -0.15) is 0 Å². The minimum atomic E-state index is 0.595. The van der Waals surface area contributed by atoms with Crippen LogP contribution >= 0.6 is 11.6 Å². The van der Waals surface area contributed by atoms with Crippen LogP contribution in [0.4, 0.5) is 17.2 Å². The van der Waals surface area contributed by atoms with Crippen LogP contribution in [0.1, 0.15) is 12.8 Å². The maximum absolute atomic E-state index is 6.54. The zero-order valence-electron chi connectivity index (χ0n) is 14.3. The fraction of sp³-hybridized carbons (Fsp3) is 0.421. The van der Waals surface area contributed by atoms with E-state index in [1.165, 1.54) is 12.8 Å². The highest BCUT2D eigenvalue weighted by molar-refractivity contribution is 6.36. The summed E-state index contributed by atoms with van der Waals surface area (Å²) in [5.74, 6) is 1.80. The second-order valence-corrected chi connectivity index (χ2v) is 7.23. The Bertz CT molecular complexity index is 736. The van der Waals surface area contributed by atoms with Crippen LogP contribution in [0, 0.1) is 5.92 Å². The maximum atomic E-state index is 6.54. The third-order valence-electron chi connectivity index (χ3n) is 4.96. The van der Waals surface area contributed by atoms with Crippen LogP contribution in [0.25, 0.3) is 11.1 Å². The Morgan fingerprint density at radius 2 is 2.00 bits per heavy atom. The molecule has 5 nitrogen and oxygen atoms in total. The molecule has 1 aromatic heterocycles. The number of hydrogen-bond acceptors (Lipinski definition) is 5. The maximum Gasteiger partial charge on any atom is 0.128 e. The number of anilines is 3. The van der Waals surface area contributed by atoms with Gasteiger partial charge in [0.25, 0.3) is 0 Å². The monoisotopic (exact) mass is 357 g/mol. The molecule has 1 aromatic carbocycles. The number of aromatic nitrogens is 1. The van der Waals surface area contributed by atoms with Crippen molar-refractivity contribution in [3.63, 3.8) is 0 Å². The molecule has 132 valence electrons. The van der Waals surface area contributed by atoms with Crippen molar-refractivity contribution in [2.24, 2.45) is 5.92 Å². The SMILES string of the molecule is Nc1c(NCC2CC2)ccc(-c2ccc(N3CCNCC3)nc2)c1Cl. The second kappa shape index (κ2) is 7.10. The molecular formula is C19H24ClN5. The number of pyridine rings is 1. The van der Waals surface area contributed by atoms with E-state index >= 15 is 0 Å². The third kappa shape index (κ3) is 3.67. The fourth-order valence-electron chi connectivity index (χ4n) is 3.17. The summed E-state index contributed by atoms with van der Waals surface area (Å²) in [6.45, 7) is 4.95. The molecule has 0 unspecified atom stereocenters. The molecule has 4 rings (SSSR count). The summed E-state index contributed by atoms with van der Waals surface area (Å²) in [6.07, 6.45) is 4.50. The van der Waals surface area contributed by atoms with E-state index in [1.807, 2.05) is 18.3 Å². The molecule has 1 saturated heterocycles. The van der Waals surface area contributed by atoms with Gasteiger partial charge in [0.15, 0.2) is 0 Å². The average Bonchev–Trinajstić information content (AvgIpc) is 3.48. The van der Waals surface area contributed by atoms with Crippen LogP contribution in [0.3, 0.4) is 0 Å². The Kier molecular flexibility index (Phi) is 4.68. The van der Waals surface area contributed by atoms with E-state index in [0.717, 1.165) is 61.3 Å². The molecule has 2 fully saturated rings. The molecule has 4 N–H and O–H groups in total. The van der Waals surface area contributed by atoms with E-state index in [2.05, 4.69) is 32.7 Å². The van der Waals surface area contributed by atoms with Crippen molar-refractivity contribution in [1.29, 1.82) is 0 Å². The van der Waals surface area contributed by atoms with Crippen LogP contribution in [0.15, 0.2) is 30.5 Å². The quantitative estimate of drug-likeness (QED) is 0.717. The lowest BCUT2D eigenvalue weighted by atomic mass is 10.1. The molecular weight excluding hydrogens is 334 g/mol. The largest absolute Gasteiger partial charge is 0.396 e. The van der Waals surface area contributed by atoms with Gasteiger partial charge < -0.3 is 21.3 Å². The summed E-state index contributed by atoms with van der Waals surface area (Å²) in [6, 6.07) is 8.17. The van der Waals surface area contributed by atoms with Crippen molar-refractivity contribution in [2.45, 2.75) is 12.8 Å². The standard InChI is InChI=1S/C19H24ClN5/c20-18-15(4-5-16(19(18)21)23-11-13-1-2-13)14-3-6-17(24-12-14)25-9-7-22-8-10-25/h3-6,12-13,22-23H,1-2,7-11,21H2. The van der Waals surface area contributed by atoms with Gasteiger partial charge in [0.05, 0.1) is 16.4 Å². The van der Waals surface area contributed by atoms with Crippen molar-refractivity contribution in [2.75, 3.05) is 48.7 Å². The first-order valence-electron chi connectivity index (χ1n) is 8.96. The molecule has 1 aliphatic carbocycles. The van der Waals surface area contributed by atoms with Crippen molar-refractivity contribution < 1.29 is 0 Å². The lowest BCUT2D eigenvalue weighted by Crippen LogP contribution is -2.43. The lowest BCUT2D eigenvalue weighted by molar-refractivity contribution is 0.585. The normalized spacial score (nSPS) is 17.6. The van der Waals surface area contributed by atoms with E-state index in [-0.39, 0.29) is 0 Å². The van der Waals surface area contributed by atoms with Gasteiger partial charge in [0.1, 0.15) is 5.82 Å². The zero-order valence-corrected chi connectivity index (χ0v) is 15.0. The summed E-state index contributed by atoms with van der Waals surface area (Å²) in [7, 11) is 0. The molecule has 2 heterocycles. The summed E-state index contributed by atoms with van der Waals surface area (Å²) >= 11 is 6.54. The Balaban J connectivity index is 1.53. The number of nitrogens with two attached hydrogens (primary N) is 1. The van der Waals surface area contributed by atoms with Crippen LogP contribution in [0.2, 0.25) is 5.02 Å². The van der Waals surface area contributed by atoms with Gasteiger partial charge >= 0.3 is 0 Å². The predicted octanol–water partition coefficient (Wildman–Crippen LogP) is 3.22. The van der Waals surface area contributed by atoms with Crippen LogP contribution < -0.4 is 21.3 Å². The summed E-state index contributed by atoms with van der Waals surface area (Å²) in [4.78, 5) is 6.92. The van der Waals surface area contributed by atoms with E-state index in [9.17, 15) is 0 Å². The van der Waals surface area contributed by atoms with Gasteiger partial charge in [0, 0.05) is 50.0 Å². The summed E-state index contributed by atoms with van der Waals surface area (Å²) in [5, 5.41) is 7.36. The van der Waals surface area contributed by atoms with E-state index in [0.29, 0.717) is 10.7 Å². The van der Waals surface area contributed by atoms with Crippen molar-refractivity contribution in [1.82, 2.24) is 10.3 Å². The highest BCUT2D eigenvalue weighted by Gasteiger charge is 2.21. The Morgan fingerprint density at radius 3 is 2.68 bits per heavy atom. The van der Waals surface area contributed by atoms with E-state index in [1.54, 1.807) is 0 Å². The molecule has 0 radical (unpaired) electrons. The number of hydrogen-bond donors (Lipinski definition) is 3. The minimum absolute atomic E-state index is 0.595. The predicted molar refractivity (Wildman–Crippen MR) is 105 cm³/mol. The van der Waals surface area contributed by atoms with Gasteiger partial charge in [-0.25, -0.2) is 4.98 Å². The molecule has 0 spiro atoms. The van der Waals surface area contributed by atoms with Gasteiger partial charge in [-0.3, -0.25) is 0 Å². The smallest absolute Gasteiger partial charge is 0.128 e. The van der Waals surface area contributed by atoms with Crippen LogP contribution in [-0.2, 0) is 0 Å². The van der Waals surface area contributed by atoms with Crippen LogP contribution in [-0.4, -0.2) is 37.7 Å². The molecule has 1 saturated carbocycles. The topological polar surface area (TPSA) is 66.2 Å². The zero-order chi connectivity index (χ0) is 17.2. The number of benzene rings is 1. The van der Waals surface area contributed by atoms with Gasteiger partial charge in [-0.15, -0.1) is 0 Å². The molecule has 1 aliphatic heterocycles. The number of nitrogens with zero attached hydrogens (tertiary/aromatic N) is 2. The molecule has 25 heavy (non-hydrogen) atoms. The number of piperazine rings is 1. The van der Waals surface area contributed by atoms with E-state index in [4.69, 9.17) is 17.3 Å². The first kappa shape index (κ1) is 16.5. The molecule has 0 amide bonds. The first-order valence-corrected chi connectivity index (χ1v) is 9.34. The van der Waals surface area contributed by atoms with Gasteiger partial charge in [0.2, 0.25) is 0 Å². The van der Waals surface area contributed by atoms with Gasteiger partial charge in [-0.1, -0.05) is 17.7 Å².